The molecule has 5 nitrogen and oxygen atoms in total. The summed E-state index contributed by atoms with van der Waals surface area (Å²) in [6.07, 6.45) is 0.131. The Morgan fingerprint density at radius 3 is 2.45 bits per heavy atom. The lowest BCUT2D eigenvalue weighted by molar-refractivity contribution is -0.130. The van der Waals surface area contributed by atoms with E-state index in [-0.39, 0.29) is 13.0 Å². The molecule has 0 aliphatic heterocycles. The van der Waals surface area contributed by atoms with Crippen molar-refractivity contribution in [2.45, 2.75) is 19.4 Å². The van der Waals surface area contributed by atoms with Gasteiger partial charge in [-0.2, -0.15) is 0 Å². The van der Waals surface area contributed by atoms with Crippen molar-refractivity contribution in [3.63, 3.8) is 0 Å². The highest BCUT2D eigenvalue weighted by Crippen LogP contribution is 2.25. The monoisotopic (exact) mass is 318 g/mol. The topological polar surface area (TPSA) is 81.4 Å². The Morgan fingerprint density at radius 1 is 1.35 bits per heavy atom. The Bertz CT molecular complexity index is 474. The van der Waals surface area contributed by atoms with E-state index in [1.807, 2.05) is 0 Å². The molecule has 0 saturated carbocycles. The van der Waals surface area contributed by atoms with Crippen LogP contribution in [0.2, 0.25) is 10.0 Å². The molecule has 0 radical (unpaired) electrons. The van der Waals surface area contributed by atoms with Crippen molar-refractivity contribution in [2.24, 2.45) is 5.73 Å². The van der Waals surface area contributed by atoms with Crippen LogP contribution < -0.4 is 11.1 Å². The first kappa shape index (κ1) is 16.8. The average molecular weight is 319 g/mol. The van der Waals surface area contributed by atoms with Crippen molar-refractivity contribution >= 4 is 35.0 Å². The maximum Gasteiger partial charge on any atom is 0.246 e. The van der Waals surface area contributed by atoms with Crippen molar-refractivity contribution < 1.29 is 14.3 Å². The lowest BCUT2D eigenvalue weighted by atomic mass is 10.1. The SMILES string of the molecule is CCOCC(=O)N[C@H](Cc1c(Cl)cccc1Cl)C(N)=O. The maximum atomic E-state index is 11.6. The van der Waals surface area contributed by atoms with Gasteiger partial charge in [-0.15, -0.1) is 0 Å². The van der Waals surface area contributed by atoms with Crippen molar-refractivity contribution in [3.8, 4) is 0 Å². The third-order valence-electron chi connectivity index (χ3n) is 2.59. The minimum Gasteiger partial charge on any atom is -0.372 e. The van der Waals surface area contributed by atoms with Crippen LogP contribution in [0.1, 0.15) is 12.5 Å². The van der Waals surface area contributed by atoms with Gasteiger partial charge in [0, 0.05) is 23.1 Å². The number of carbonyl (C=O) groups excluding carboxylic acids is 2. The van der Waals surface area contributed by atoms with E-state index in [1.165, 1.54) is 0 Å². The van der Waals surface area contributed by atoms with Crippen LogP contribution in [0, 0.1) is 0 Å². The van der Waals surface area contributed by atoms with Crippen LogP contribution in [0.5, 0.6) is 0 Å². The first-order valence-corrected chi connectivity index (χ1v) is 6.80. The third-order valence-corrected chi connectivity index (χ3v) is 3.29. The number of rotatable bonds is 7. The zero-order chi connectivity index (χ0) is 15.1. The molecule has 7 heteroatoms. The molecule has 2 amide bonds. The lowest BCUT2D eigenvalue weighted by Gasteiger charge is -2.17. The van der Waals surface area contributed by atoms with Crippen molar-refractivity contribution in [1.82, 2.24) is 5.32 Å². The first-order valence-electron chi connectivity index (χ1n) is 6.05. The molecule has 0 spiro atoms. The molecule has 0 aliphatic rings. The van der Waals surface area contributed by atoms with Gasteiger partial charge >= 0.3 is 0 Å². The van der Waals surface area contributed by atoms with Crippen molar-refractivity contribution in [2.75, 3.05) is 13.2 Å². The highest BCUT2D eigenvalue weighted by molar-refractivity contribution is 6.36. The van der Waals surface area contributed by atoms with Gasteiger partial charge in [0.25, 0.3) is 0 Å². The summed E-state index contributed by atoms with van der Waals surface area (Å²) in [7, 11) is 0. The lowest BCUT2D eigenvalue weighted by Crippen LogP contribution is -2.47. The molecule has 1 aromatic rings. The second kappa shape index (κ2) is 8.09. The summed E-state index contributed by atoms with van der Waals surface area (Å²) in [6.45, 7) is 2.05. The minimum absolute atomic E-state index is 0.128. The van der Waals surface area contributed by atoms with Gasteiger partial charge in [-0.25, -0.2) is 0 Å². The number of primary amides is 1. The molecule has 20 heavy (non-hydrogen) atoms. The fourth-order valence-corrected chi connectivity index (χ4v) is 2.14. The van der Waals surface area contributed by atoms with Crippen LogP contribution in [-0.4, -0.2) is 31.1 Å². The molecule has 1 aromatic carbocycles. The van der Waals surface area contributed by atoms with Gasteiger partial charge in [-0.05, 0) is 24.6 Å². The molecule has 0 aliphatic carbocycles. The average Bonchev–Trinajstić information content (AvgIpc) is 2.39. The number of carbonyl (C=O) groups is 2. The number of benzene rings is 1. The second-order valence-corrected chi connectivity index (χ2v) is 4.88. The predicted octanol–water partition coefficient (Wildman–Crippen LogP) is 1.54. The Kier molecular flexibility index (Phi) is 6.78. The predicted molar refractivity (Wildman–Crippen MR) is 77.8 cm³/mol. The van der Waals surface area contributed by atoms with Crippen LogP contribution in [-0.2, 0) is 20.7 Å². The molecule has 3 N–H and O–H groups in total. The summed E-state index contributed by atoms with van der Waals surface area (Å²) in [5.74, 6) is -1.08. The molecule has 0 bridgehead atoms. The van der Waals surface area contributed by atoms with E-state index in [0.717, 1.165) is 0 Å². The molecule has 0 saturated heterocycles. The van der Waals surface area contributed by atoms with Gasteiger partial charge in [0.1, 0.15) is 12.6 Å². The first-order chi connectivity index (χ1) is 9.45. The normalized spacial score (nSPS) is 11.9. The molecule has 1 atom stereocenters. The van der Waals surface area contributed by atoms with E-state index < -0.39 is 17.9 Å². The number of ether oxygens (including phenoxy) is 1. The summed E-state index contributed by atoms with van der Waals surface area (Å²) in [5.41, 5.74) is 5.85. The Hall–Kier alpha value is -1.30. The highest BCUT2D eigenvalue weighted by atomic mass is 35.5. The van der Waals surface area contributed by atoms with E-state index in [2.05, 4.69) is 5.32 Å². The molecule has 0 unspecified atom stereocenters. The van der Waals surface area contributed by atoms with Crippen LogP contribution in [0.25, 0.3) is 0 Å². The van der Waals surface area contributed by atoms with Gasteiger partial charge in [-0.3, -0.25) is 9.59 Å². The van der Waals surface area contributed by atoms with E-state index in [4.69, 9.17) is 33.7 Å². The standard InChI is InChI=1S/C13H16Cl2N2O3/c1-2-20-7-12(18)17-11(13(16)19)6-8-9(14)4-3-5-10(8)15/h3-5,11H,2,6-7H2,1H3,(H2,16,19)(H,17,18)/t11-/m1/s1. The van der Waals surface area contributed by atoms with E-state index in [0.29, 0.717) is 22.2 Å². The molecule has 0 fully saturated rings. The van der Waals surface area contributed by atoms with Crippen LogP contribution in [0.15, 0.2) is 18.2 Å². The molecular formula is C13H16Cl2N2O3. The molecular weight excluding hydrogens is 303 g/mol. The minimum atomic E-state index is -0.889. The number of nitrogens with one attached hydrogen (secondary N) is 1. The Balaban J connectivity index is 2.78. The quantitative estimate of drug-likeness (QED) is 0.800. The van der Waals surface area contributed by atoms with E-state index >= 15 is 0 Å². The fourth-order valence-electron chi connectivity index (χ4n) is 1.58. The number of nitrogens with two attached hydrogens (primary N) is 1. The van der Waals surface area contributed by atoms with Gasteiger partial charge in [-0.1, -0.05) is 29.3 Å². The molecule has 110 valence electrons. The van der Waals surface area contributed by atoms with Gasteiger partial charge in [0.2, 0.25) is 11.8 Å². The van der Waals surface area contributed by atoms with E-state index in [1.54, 1.807) is 25.1 Å². The Labute approximate surface area is 127 Å². The van der Waals surface area contributed by atoms with Gasteiger partial charge in [0.05, 0.1) is 0 Å². The summed E-state index contributed by atoms with van der Waals surface area (Å²) in [5, 5.41) is 3.34. The van der Waals surface area contributed by atoms with Crippen molar-refractivity contribution in [1.29, 1.82) is 0 Å². The summed E-state index contributed by atoms with van der Waals surface area (Å²) in [4.78, 5) is 23.0. The van der Waals surface area contributed by atoms with Gasteiger partial charge < -0.3 is 15.8 Å². The van der Waals surface area contributed by atoms with Crippen LogP contribution >= 0.6 is 23.2 Å². The zero-order valence-corrected chi connectivity index (χ0v) is 12.5. The zero-order valence-electron chi connectivity index (χ0n) is 11.0. The largest absolute Gasteiger partial charge is 0.372 e. The summed E-state index contributed by atoms with van der Waals surface area (Å²) in [6, 6.07) is 4.12. The Morgan fingerprint density at radius 2 is 1.95 bits per heavy atom. The molecule has 0 aromatic heterocycles. The highest BCUT2D eigenvalue weighted by Gasteiger charge is 2.21. The number of hydrogen-bond acceptors (Lipinski definition) is 3. The van der Waals surface area contributed by atoms with Crippen LogP contribution in [0.3, 0.4) is 0 Å². The maximum absolute atomic E-state index is 11.6. The third kappa shape index (κ3) is 5.00. The summed E-state index contributed by atoms with van der Waals surface area (Å²) >= 11 is 12.0. The van der Waals surface area contributed by atoms with E-state index in [9.17, 15) is 9.59 Å². The number of halogens is 2. The number of hydrogen-bond donors (Lipinski definition) is 2. The van der Waals surface area contributed by atoms with Gasteiger partial charge in [0.15, 0.2) is 0 Å². The summed E-state index contributed by atoms with van der Waals surface area (Å²) < 4.78 is 4.96. The van der Waals surface area contributed by atoms with Crippen LogP contribution in [0.4, 0.5) is 0 Å². The number of amides is 2. The smallest absolute Gasteiger partial charge is 0.246 e. The molecule has 0 heterocycles. The molecule has 1 rings (SSSR count). The second-order valence-electron chi connectivity index (χ2n) is 4.06. The fraction of sp³-hybridized carbons (Fsp3) is 0.385. The van der Waals surface area contributed by atoms with Crippen molar-refractivity contribution in [3.05, 3.63) is 33.8 Å².